The number of hydrogen-bond acceptors (Lipinski definition) is 4. The summed E-state index contributed by atoms with van der Waals surface area (Å²) in [6, 6.07) is 8.07. The Balaban J connectivity index is 1.71. The molecule has 0 N–H and O–H groups in total. The molecule has 1 aromatic carbocycles. The van der Waals surface area contributed by atoms with Gasteiger partial charge in [-0.2, -0.15) is 0 Å². The lowest BCUT2D eigenvalue weighted by molar-refractivity contribution is -0.140. The van der Waals surface area contributed by atoms with Gasteiger partial charge in [0.15, 0.2) is 0 Å². The van der Waals surface area contributed by atoms with E-state index in [0.29, 0.717) is 12.8 Å². The summed E-state index contributed by atoms with van der Waals surface area (Å²) in [5.41, 5.74) is 1.08. The summed E-state index contributed by atoms with van der Waals surface area (Å²) in [7, 11) is 1.43. The first-order valence-corrected chi connectivity index (χ1v) is 7.77. The zero-order valence-electron chi connectivity index (χ0n) is 12.6. The van der Waals surface area contributed by atoms with Gasteiger partial charge in [0.2, 0.25) is 0 Å². The van der Waals surface area contributed by atoms with Gasteiger partial charge >= 0.3 is 5.97 Å². The number of benzene rings is 1. The second kappa shape index (κ2) is 6.06. The van der Waals surface area contributed by atoms with Crippen LogP contribution in [0.15, 0.2) is 24.3 Å². The summed E-state index contributed by atoms with van der Waals surface area (Å²) >= 11 is 0. The summed E-state index contributed by atoms with van der Waals surface area (Å²) in [6.45, 7) is 3.39. The maximum absolute atomic E-state index is 11.3. The molecule has 2 aliphatic rings. The van der Waals surface area contributed by atoms with E-state index in [9.17, 15) is 4.79 Å². The maximum Gasteiger partial charge on any atom is 0.305 e. The van der Waals surface area contributed by atoms with Crippen molar-refractivity contribution in [1.29, 1.82) is 0 Å². The first-order chi connectivity index (χ1) is 10.2. The monoisotopic (exact) mass is 289 g/mol. The Labute approximate surface area is 126 Å². The van der Waals surface area contributed by atoms with E-state index < -0.39 is 0 Å². The van der Waals surface area contributed by atoms with E-state index in [1.807, 2.05) is 24.3 Å². The molecule has 1 unspecified atom stereocenters. The number of ether oxygens (including phenoxy) is 2. The number of fused-ring (bicyclic) bond motifs is 2. The lowest BCUT2D eigenvalue weighted by Gasteiger charge is -2.35. The normalized spacial score (nSPS) is 27.4. The first-order valence-electron chi connectivity index (χ1n) is 7.77. The van der Waals surface area contributed by atoms with Gasteiger partial charge in [0.05, 0.1) is 7.11 Å². The van der Waals surface area contributed by atoms with Gasteiger partial charge in [0, 0.05) is 25.9 Å². The highest BCUT2D eigenvalue weighted by molar-refractivity contribution is 5.69. The molecule has 0 saturated carbocycles. The van der Waals surface area contributed by atoms with Crippen LogP contribution in [0.3, 0.4) is 0 Å². The Hall–Kier alpha value is -1.55. The highest BCUT2D eigenvalue weighted by Gasteiger charge is 2.43. The van der Waals surface area contributed by atoms with Crippen molar-refractivity contribution in [2.45, 2.75) is 37.7 Å². The SMILES string of the molecule is COC(=O)CCc1ccccc1O[C@@]12CCCN(CC1)C2. The van der Waals surface area contributed by atoms with Crippen LogP contribution in [-0.2, 0) is 16.0 Å². The molecule has 0 amide bonds. The molecule has 114 valence electrons. The average Bonchev–Trinajstić information content (AvgIpc) is 2.80. The number of piperidine rings is 1. The number of aryl methyl sites for hydroxylation is 1. The van der Waals surface area contributed by atoms with Crippen LogP contribution in [-0.4, -0.2) is 43.2 Å². The molecular weight excluding hydrogens is 266 g/mol. The van der Waals surface area contributed by atoms with Gasteiger partial charge in [-0.1, -0.05) is 18.2 Å². The van der Waals surface area contributed by atoms with Crippen LogP contribution in [0.1, 0.15) is 31.2 Å². The molecule has 21 heavy (non-hydrogen) atoms. The maximum atomic E-state index is 11.3. The van der Waals surface area contributed by atoms with Crippen LogP contribution in [0.25, 0.3) is 0 Å². The topological polar surface area (TPSA) is 38.8 Å². The minimum atomic E-state index is -0.173. The van der Waals surface area contributed by atoms with Crippen molar-refractivity contribution < 1.29 is 14.3 Å². The summed E-state index contributed by atoms with van der Waals surface area (Å²) in [5, 5.41) is 0. The van der Waals surface area contributed by atoms with Gasteiger partial charge in [-0.05, 0) is 37.4 Å². The van der Waals surface area contributed by atoms with Crippen molar-refractivity contribution in [2.75, 3.05) is 26.7 Å². The molecule has 2 fully saturated rings. The first kappa shape index (κ1) is 14.4. The number of hydrogen-bond donors (Lipinski definition) is 0. The van der Waals surface area contributed by atoms with Crippen LogP contribution in [0.5, 0.6) is 5.75 Å². The minimum absolute atomic E-state index is 0.0143. The van der Waals surface area contributed by atoms with Crippen LogP contribution >= 0.6 is 0 Å². The van der Waals surface area contributed by atoms with Crippen molar-refractivity contribution in [3.05, 3.63) is 29.8 Å². The van der Waals surface area contributed by atoms with Gasteiger partial charge in [0.25, 0.3) is 0 Å². The van der Waals surface area contributed by atoms with Gasteiger partial charge in [-0.3, -0.25) is 9.69 Å². The third-order valence-corrected chi connectivity index (χ3v) is 4.63. The smallest absolute Gasteiger partial charge is 0.305 e. The molecule has 0 aromatic heterocycles. The summed E-state index contributed by atoms with van der Waals surface area (Å²) in [5.74, 6) is 0.762. The van der Waals surface area contributed by atoms with Crippen LogP contribution < -0.4 is 4.74 Å². The number of nitrogens with zero attached hydrogens (tertiary/aromatic N) is 1. The summed E-state index contributed by atoms with van der Waals surface area (Å²) in [4.78, 5) is 13.8. The van der Waals surface area contributed by atoms with Crippen LogP contribution in [0, 0.1) is 0 Å². The molecule has 0 radical (unpaired) electrons. The molecule has 0 spiro atoms. The lowest BCUT2D eigenvalue weighted by atomic mass is 9.94. The van der Waals surface area contributed by atoms with Gasteiger partial charge < -0.3 is 9.47 Å². The predicted octanol–water partition coefficient (Wildman–Crippen LogP) is 2.41. The van der Waals surface area contributed by atoms with Crippen molar-refractivity contribution in [1.82, 2.24) is 4.90 Å². The quantitative estimate of drug-likeness (QED) is 0.780. The van der Waals surface area contributed by atoms with Gasteiger partial charge in [-0.25, -0.2) is 0 Å². The van der Waals surface area contributed by atoms with Crippen LogP contribution in [0.2, 0.25) is 0 Å². The molecule has 2 heterocycles. The standard InChI is InChI=1S/C17H23NO3/c1-20-16(19)8-7-14-5-2-3-6-15(14)21-17-9-4-11-18(13-17)12-10-17/h2-3,5-6H,4,7-13H2,1H3/t17-/m0/s1. The highest BCUT2D eigenvalue weighted by atomic mass is 16.5. The Morgan fingerprint density at radius 3 is 3.00 bits per heavy atom. The van der Waals surface area contributed by atoms with Crippen molar-refractivity contribution >= 4 is 5.97 Å². The molecule has 2 bridgehead atoms. The van der Waals surface area contributed by atoms with Crippen molar-refractivity contribution in [3.8, 4) is 5.75 Å². The Kier molecular flexibility index (Phi) is 4.15. The fourth-order valence-electron chi connectivity index (χ4n) is 3.46. The number of carbonyl (C=O) groups excluding carboxylic acids is 1. The third kappa shape index (κ3) is 3.21. The highest BCUT2D eigenvalue weighted by Crippen LogP contribution is 2.36. The van der Waals surface area contributed by atoms with E-state index in [1.54, 1.807) is 0 Å². The van der Waals surface area contributed by atoms with E-state index in [1.165, 1.54) is 20.1 Å². The van der Waals surface area contributed by atoms with E-state index in [-0.39, 0.29) is 11.6 Å². The molecule has 3 rings (SSSR count). The zero-order chi connectivity index (χ0) is 14.7. The van der Waals surface area contributed by atoms with E-state index >= 15 is 0 Å². The number of carbonyl (C=O) groups is 1. The average molecular weight is 289 g/mol. The predicted molar refractivity (Wildman–Crippen MR) is 80.4 cm³/mol. The number of para-hydroxylation sites is 1. The molecule has 4 heteroatoms. The molecule has 1 aromatic rings. The minimum Gasteiger partial charge on any atom is -0.486 e. The largest absolute Gasteiger partial charge is 0.486 e. The number of methoxy groups -OCH3 is 1. The van der Waals surface area contributed by atoms with E-state index in [0.717, 1.165) is 37.2 Å². The van der Waals surface area contributed by atoms with Crippen molar-refractivity contribution in [3.63, 3.8) is 0 Å². The second-order valence-corrected chi connectivity index (χ2v) is 6.10. The Morgan fingerprint density at radius 2 is 2.14 bits per heavy atom. The molecule has 4 nitrogen and oxygen atoms in total. The fraction of sp³-hybridized carbons (Fsp3) is 0.588. The fourth-order valence-corrected chi connectivity index (χ4v) is 3.46. The van der Waals surface area contributed by atoms with E-state index in [2.05, 4.69) is 4.90 Å². The van der Waals surface area contributed by atoms with Gasteiger partial charge in [0.1, 0.15) is 11.4 Å². The second-order valence-electron chi connectivity index (χ2n) is 6.10. The zero-order valence-corrected chi connectivity index (χ0v) is 12.6. The molecule has 2 saturated heterocycles. The molecule has 0 aliphatic carbocycles. The van der Waals surface area contributed by atoms with Gasteiger partial charge in [-0.15, -0.1) is 0 Å². The van der Waals surface area contributed by atoms with Crippen LogP contribution in [0.4, 0.5) is 0 Å². The summed E-state index contributed by atoms with van der Waals surface area (Å²) in [6.07, 6.45) is 4.52. The number of rotatable bonds is 5. The summed E-state index contributed by atoms with van der Waals surface area (Å²) < 4.78 is 11.2. The molecule has 2 aliphatic heterocycles. The third-order valence-electron chi connectivity index (χ3n) is 4.63. The van der Waals surface area contributed by atoms with E-state index in [4.69, 9.17) is 9.47 Å². The lowest BCUT2D eigenvalue weighted by Crippen LogP contribution is -2.43. The molecule has 2 atom stereocenters. The molecular formula is C17H23NO3. The van der Waals surface area contributed by atoms with Crippen molar-refractivity contribution in [2.24, 2.45) is 0 Å². The Bertz CT molecular complexity index is 513. The number of esters is 1. The Morgan fingerprint density at radius 1 is 1.29 bits per heavy atom.